The number of rotatable bonds is 4. The zero-order valence-electron chi connectivity index (χ0n) is 17.0. The van der Waals surface area contributed by atoms with Gasteiger partial charge in [0.15, 0.2) is 12.3 Å². The van der Waals surface area contributed by atoms with E-state index in [9.17, 15) is 19.5 Å². The van der Waals surface area contributed by atoms with Crippen molar-refractivity contribution in [1.29, 1.82) is 0 Å². The van der Waals surface area contributed by atoms with E-state index in [0.717, 1.165) is 0 Å². The molecule has 1 saturated heterocycles. The Morgan fingerprint density at radius 1 is 1.39 bits per heavy atom. The molecule has 4 atom stereocenters. The third-order valence-electron chi connectivity index (χ3n) is 5.16. The number of hydrogen-bond acceptors (Lipinski definition) is 11. The number of nitrogens with one attached hydrogen (secondary N) is 1. The van der Waals surface area contributed by atoms with Crippen LogP contribution >= 0.6 is 0 Å². The highest BCUT2D eigenvalue weighted by Gasteiger charge is 2.56. The highest BCUT2D eigenvalue weighted by atomic mass is 16.6. The molecule has 0 spiro atoms. The van der Waals surface area contributed by atoms with E-state index < -0.39 is 41.5 Å². The smallest absolute Gasteiger partial charge is 0.303 e. The topological polar surface area (TPSA) is 167 Å². The lowest BCUT2D eigenvalue weighted by molar-refractivity contribution is -0.162. The number of carbonyl (C=O) groups is 2. The lowest BCUT2D eigenvalue weighted by Gasteiger charge is -2.30. The lowest BCUT2D eigenvalue weighted by Crippen LogP contribution is -2.47. The van der Waals surface area contributed by atoms with Crippen LogP contribution in [0.1, 0.15) is 27.0 Å². The van der Waals surface area contributed by atoms with Gasteiger partial charge in [0.2, 0.25) is 0 Å². The molecule has 4 rings (SSSR count). The van der Waals surface area contributed by atoms with Crippen molar-refractivity contribution in [1.82, 2.24) is 9.55 Å². The van der Waals surface area contributed by atoms with Crippen molar-refractivity contribution in [2.24, 2.45) is 4.99 Å². The highest BCUT2D eigenvalue weighted by Crippen LogP contribution is 2.46. The van der Waals surface area contributed by atoms with Crippen LogP contribution in [-0.2, 0) is 23.8 Å². The van der Waals surface area contributed by atoms with Gasteiger partial charge in [-0.2, -0.15) is 4.98 Å². The Kier molecular flexibility index (Phi) is 4.90. The number of carbonyl (C=O) groups excluding carboxylic acids is 2. The predicted octanol–water partition coefficient (Wildman–Crippen LogP) is 0.207. The van der Waals surface area contributed by atoms with Crippen LogP contribution in [0.3, 0.4) is 0 Å². The molecule has 0 amide bonds. The fraction of sp³-hybridized carbons (Fsp3) is 0.421. The Morgan fingerprint density at radius 3 is 2.81 bits per heavy atom. The Labute approximate surface area is 175 Å². The number of esters is 2. The molecule has 1 fully saturated rings. The van der Waals surface area contributed by atoms with E-state index in [2.05, 4.69) is 15.3 Å². The molecular weight excluding hydrogens is 410 g/mol. The van der Waals surface area contributed by atoms with Gasteiger partial charge < -0.3 is 34.9 Å². The van der Waals surface area contributed by atoms with Crippen molar-refractivity contribution in [3.8, 4) is 0 Å². The molecule has 0 saturated carbocycles. The van der Waals surface area contributed by atoms with Crippen molar-refractivity contribution >= 4 is 46.4 Å². The van der Waals surface area contributed by atoms with Gasteiger partial charge in [0.1, 0.15) is 29.9 Å². The molecule has 2 aliphatic heterocycles. The second kappa shape index (κ2) is 7.32. The van der Waals surface area contributed by atoms with E-state index in [1.807, 2.05) is 0 Å². The number of nitrogens with zero attached hydrogens (tertiary/aromatic N) is 3. The van der Waals surface area contributed by atoms with Crippen LogP contribution in [0.25, 0.3) is 10.8 Å². The second-order valence-corrected chi connectivity index (χ2v) is 7.53. The van der Waals surface area contributed by atoms with Crippen LogP contribution in [0.5, 0.6) is 0 Å². The Bertz CT molecular complexity index is 1170. The van der Waals surface area contributed by atoms with Crippen LogP contribution < -0.4 is 16.6 Å². The molecule has 0 radical (unpaired) electrons. The average Bonchev–Trinajstić information content (AvgIpc) is 3.12. The van der Waals surface area contributed by atoms with Gasteiger partial charge in [-0.05, 0) is 6.92 Å². The first-order chi connectivity index (χ1) is 14.6. The number of aromatic nitrogens is 2. The van der Waals surface area contributed by atoms with E-state index in [1.54, 1.807) is 6.20 Å². The standard InChI is InChI=1S/C19H21N5O7/c1-8(25)29-6-12-15(30-9(2)26)19(3,28)18(31-12)24-5-10-11(20)4-13(27)23-16-14(10)17(24)22-7-21-16/h4-5,7,12,15,18,28H,6,20H2,1-3H3,(H,21,22,23,27)/t12-,15-,18-,19-/m1/s1. The van der Waals surface area contributed by atoms with Crippen molar-refractivity contribution in [3.63, 3.8) is 0 Å². The first kappa shape index (κ1) is 20.8. The van der Waals surface area contributed by atoms with Crippen LogP contribution in [0, 0.1) is 0 Å². The monoisotopic (exact) mass is 431 g/mol. The largest absolute Gasteiger partial charge is 0.463 e. The molecule has 0 aliphatic carbocycles. The first-order valence-electron chi connectivity index (χ1n) is 9.42. The number of aliphatic imine (C=N–C) groups is 1. The average molecular weight is 431 g/mol. The maximum atomic E-state index is 11.9. The van der Waals surface area contributed by atoms with Gasteiger partial charge >= 0.3 is 11.9 Å². The summed E-state index contributed by atoms with van der Waals surface area (Å²) in [7, 11) is 0. The fourth-order valence-corrected chi connectivity index (χ4v) is 3.88. The van der Waals surface area contributed by atoms with E-state index in [0.29, 0.717) is 16.6 Å². The number of nitrogens with two attached hydrogens (primary N) is 1. The molecular formula is C19H21N5O7. The minimum Gasteiger partial charge on any atom is -0.463 e. The predicted molar refractivity (Wildman–Crippen MR) is 109 cm³/mol. The van der Waals surface area contributed by atoms with Gasteiger partial charge in [0, 0.05) is 37.2 Å². The van der Waals surface area contributed by atoms with Crippen LogP contribution in [0.15, 0.2) is 22.1 Å². The Hall–Kier alpha value is -3.51. The summed E-state index contributed by atoms with van der Waals surface area (Å²) in [5, 5.41) is 15.1. The third-order valence-corrected chi connectivity index (χ3v) is 5.16. The van der Waals surface area contributed by atoms with Gasteiger partial charge in [0.25, 0.3) is 5.56 Å². The molecule has 2 aromatic rings. The Morgan fingerprint density at radius 2 is 2.13 bits per heavy atom. The van der Waals surface area contributed by atoms with Gasteiger partial charge in [-0.15, -0.1) is 0 Å². The summed E-state index contributed by atoms with van der Waals surface area (Å²) in [6, 6.07) is 1.19. The van der Waals surface area contributed by atoms with Crippen molar-refractivity contribution < 1.29 is 28.9 Å². The number of aliphatic hydroxyl groups is 1. The summed E-state index contributed by atoms with van der Waals surface area (Å²) in [6.07, 6.45) is -0.223. The molecule has 2 aromatic heterocycles. The summed E-state index contributed by atoms with van der Waals surface area (Å²) >= 11 is 0. The molecule has 12 heteroatoms. The SMILES string of the molecule is CC(=O)OC[C@H]1O[C@@H](n2cc3c(N)cc(=O)nc4c3c2N=CN4)[C@](C)(O)[C@@H]1OC(C)=O. The summed E-state index contributed by atoms with van der Waals surface area (Å²) in [5.41, 5.74) is 3.99. The first-order valence-corrected chi connectivity index (χ1v) is 9.42. The third kappa shape index (κ3) is 3.49. The van der Waals surface area contributed by atoms with Gasteiger partial charge in [-0.25, -0.2) is 4.99 Å². The number of nitrogen functional groups attached to an aromatic ring is 1. The van der Waals surface area contributed by atoms with Crippen molar-refractivity contribution in [3.05, 3.63) is 22.6 Å². The summed E-state index contributed by atoms with van der Waals surface area (Å²) < 4.78 is 17.9. The van der Waals surface area contributed by atoms with E-state index in [4.69, 9.17) is 19.9 Å². The van der Waals surface area contributed by atoms with Gasteiger partial charge in [0.05, 0.1) is 11.7 Å². The minimum atomic E-state index is -1.73. The quantitative estimate of drug-likeness (QED) is 0.569. The van der Waals surface area contributed by atoms with E-state index in [-0.39, 0.29) is 18.1 Å². The van der Waals surface area contributed by atoms with E-state index >= 15 is 0 Å². The molecule has 2 aliphatic rings. The Balaban J connectivity index is 1.85. The molecule has 0 aromatic carbocycles. The summed E-state index contributed by atoms with van der Waals surface area (Å²) in [6.45, 7) is 3.65. The molecule has 31 heavy (non-hydrogen) atoms. The van der Waals surface area contributed by atoms with Crippen LogP contribution in [-0.4, -0.2) is 57.4 Å². The molecule has 12 nitrogen and oxygen atoms in total. The second-order valence-electron chi connectivity index (χ2n) is 7.53. The number of ether oxygens (including phenoxy) is 3. The number of hydrogen-bond donors (Lipinski definition) is 3. The zero-order chi connectivity index (χ0) is 22.5. The van der Waals surface area contributed by atoms with Crippen molar-refractivity contribution in [2.75, 3.05) is 17.7 Å². The minimum absolute atomic E-state index is 0.170. The van der Waals surface area contributed by atoms with Crippen molar-refractivity contribution in [2.45, 2.75) is 44.8 Å². The van der Waals surface area contributed by atoms with Crippen LogP contribution in [0.2, 0.25) is 0 Å². The van der Waals surface area contributed by atoms with Crippen LogP contribution in [0.4, 0.5) is 17.3 Å². The van der Waals surface area contributed by atoms with E-state index in [1.165, 1.54) is 37.7 Å². The highest BCUT2D eigenvalue weighted by molar-refractivity contribution is 6.10. The molecule has 4 N–H and O–H groups in total. The zero-order valence-corrected chi connectivity index (χ0v) is 17.0. The maximum absolute atomic E-state index is 11.9. The number of anilines is 2. The molecule has 4 heterocycles. The lowest BCUT2D eigenvalue weighted by atomic mass is 9.96. The normalized spacial score (nSPS) is 26.5. The molecule has 164 valence electrons. The molecule has 0 bridgehead atoms. The summed E-state index contributed by atoms with van der Waals surface area (Å²) in [4.78, 5) is 43.1. The summed E-state index contributed by atoms with van der Waals surface area (Å²) in [5.74, 6) is -0.589. The van der Waals surface area contributed by atoms with Gasteiger partial charge in [-0.1, -0.05) is 0 Å². The van der Waals surface area contributed by atoms with Gasteiger partial charge in [-0.3, -0.25) is 14.4 Å². The maximum Gasteiger partial charge on any atom is 0.303 e. The fourth-order valence-electron chi connectivity index (χ4n) is 3.88. The molecule has 0 unspecified atom stereocenters.